The molecule has 0 N–H and O–H groups in total. The van der Waals surface area contributed by atoms with Crippen molar-refractivity contribution in [1.82, 2.24) is 0 Å². The SMILES string of the molecule is C=O.C=O.C=O.CC1=[C-]CC(C)=C1C.[Mn]. The van der Waals surface area contributed by atoms with E-state index in [1.807, 2.05) is 20.4 Å². The number of hydrogen-bond acceptors (Lipinski definition) is 3. The van der Waals surface area contributed by atoms with E-state index in [9.17, 15) is 0 Å². The van der Waals surface area contributed by atoms with E-state index >= 15 is 0 Å². The molecule has 0 aromatic carbocycles. The van der Waals surface area contributed by atoms with Crippen molar-refractivity contribution in [3.05, 3.63) is 22.8 Å². The predicted octanol–water partition coefficient (Wildman–Crippen LogP) is 1.92. The van der Waals surface area contributed by atoms with Crippen molar-refractivity contribution < 1.29 is 31.5 Å². The third-order valence-corrected chi connectivity index (χ3v) is 1.82. The van der Waals surface area contributed by atoms with Gasteiger partial charge in [-0.25, -0.2) is 5.57 Å². The van der Waals surface area contributed by atoms with Crippen LogP contribution in [-0.2, 0) is 31.5 Å². The van der Waals surface area contributed by atoms with Gasteiger partial charge in [0.25, 0.3) is 0 Å². The minimum atomic E-state index is 0. The third-order valence-electron chi connectivity index (χ3n) is 1.82. The number of hydrogen-bond donors (Lipinski definition) is 0. The summed E-state index contributed by atoms with van der Waals surface area (Å²) in [7, 11) is 0. The van der Waals surface area contributed by atoms with E-state index < -0.39 is 0 Å². The van der Waals surface area contributed by atoms with Crippen LogP contribution in [0.3, 0.4) is 0 Å². The average Bonchev–Trinajstić information content (AvgIpc) is 2.58. The number of carbonyl (C=O) groups excluding carboxylic acids is 3. The summed E-state index contributed by atoms with van der Waals surface area (Å²) in [5, 5.41) is 0. The van der Waals surface area contributed by atoms with Crippen LogP contribution >= 0.6 is 0 Å². The molecule has 1 aliphatic rings. The fourth-order valence-electron chi connectivity index (χ4n) is 0.850. The van der Waals surface area contributed by atoms with Crippen molar-refractivity contribution in [3.8, 4) is 0 Å². The van der Waals surface area contributed by atoms with Crippen LogP contribution in [0.15, 0.2) is 16.7 Å². The molecule has 0 fully saturated rings. The van der Waals surface area contributed by atoms with Crippen molar-refractivity contribution in [2.24, 2.45) is 0 Å². The molecule has 0 saturated carbocycles. The van der Waals surface area contributed by atoms with Gasteiger partial charge in [-0.15, -0.1) is 13.3 Å². The topological polar surface area (TPSA) is 51.2 Å². The van der Waals surface area contributed by atoms with E-state index in [4.69, 9.17) is 14.4 Å². The van der Waals surface area contributed by atoms with Gasteiger partial charge in [0.15, 0.2) is 0 Å². The first-order valence-electron chi connectivity index (χ1n) is 3.82. The Kier molecular flexibility index (Phi) is 29.5. The normalized spacial score (nSPS) is 11.3. The van der Waals surface area contributed by atoms with Crippen molar-refractivity contribution in [1.29, 1.82) is 0 Å². The molecular formula is C11H17MnO3-. The second-order valence-electron chi connectivity index (χ2n) is 2.38. The standard InChI is InChI=1S/C8H11.3CH2O.Mn/c1-6-4-5-7(2)8(6)3;3*1-2;/h4H2,1-3H3;3*1H2;/q-1;;;;. The first-order chi connectivity index (χ1) is 6.72. The van der Waals surface area contributed by atoms with Crippen LogP contribution in [0, 0.1) is 6.08 Å². The van der Waals surface area contributed by atoms with Crippen molar-refractivity contribution in [2.45, 2.75) is 27.2 Å². The van der Waals surface area contributed by atoms with Crippen LogP contribution in [0.2, 0.25) is 0 Å². The summed E-state index contributed by atoms with van der Waals surface area (Å²) in [4.78, 5) is 24.0. The monoisotopic (exact) mass is 252 g/mol. The molecule has 1 aliphatic carbocycles. The van der Waals surface area contributed by atoms with Crippen LogP contribution in [-0.4, -0.2) is 20.4 Å². The Morgan fingerprint density at radius 1 is 0.933 bits per heavy atom. The average molecular weight is 252 g/mol. The predicted molar refractivity (Wildman–Crippen MR) is 56.8 cm³/mol. The summed E-state index contributed by atoms with van der Waals surface area (Å²) in [5.74, 6) is 0. The molecule has 87 valence electrons. The van der Waals surface area contributed by atoms with Gasteiger partial charge in [-0.2, -0.15) is 11.1 Å². The van der Waals surface area contributed by atoms with Crippen molar-refractivity contribution in [2.75, 3.05) is 0 Å². The van der Waals surface area contributed by atoms with Crippen LogP contribution in [0.1, 0.15) is 27.2 Å². The van der Waals surface area contributed by atoms with Crippen LogP contribution in [0.5, 0.6) is 0 Å². The van der Waals surface area contributed by atoms with Crippen molar-refractivity contribution in [3.63, 3.8) is 0 Å². The van der Waals surface area contributed by atoms with Gasteiger partial charge in [-0.1, -0.05) is 13.8 Å². The van der Waals surface area contributed by atoms with Crippen LogP contribution in [0.4, 0.5) is 0 Å². The second kappa shape index (κ2) is 18.7. The Labute approximate surface area is 102 Å². The van der Waals surface area contributed by atoms with E-state index in [1.165, 1.54) is 16.7 Å². The van der Waals surface area contributed by atoms with E-state index in [1.54, 1.807) is 0 Å². The summed E-state index contributed by atoms with van der Waals surface area (Å²) >= 11 is 0. The molecule has 1 rings (SSSR count). The molecule has 1 radical (unpaired) electrons. The molecule has 0 amide bonds. The maximum Gasteiger partial charge on any atom is 0.106 e. The summed E-state index contributed by atoms with van der Waals surface area (Å²) in [6, 6.07) is 0. The summed E-state index contributed by atoms with van der Waals surface area (Å²) in [5.41, 5.74) is 4.25. The minimum absolute atomic E-state index is 0. The fourth-order valence-corrected chi connectivity index (χ4v) is 0.850. The van der Waals surface area contributed by atoms with Crippen LogP contribution < -0.4 is 0 Å². The Morgan fingerprint density at radius 3 is 1.33 bits per heavy atom. The van der Waals surface area contributed by atoms with Gasteiger partial charge in [-0.05, 0) is 0 Å². The third kappa shape index (κ3) is 10.9. The first-order valence-corrected chi connectivity index (χ1v) is 3.82. The van der Waals surface area contributed by atoms with E-state index in [0.717, 1.165) is 6.42 Å². The smallest absolute Gasteiger partial charge is 0.106 e. The number of carbonyl (C=O) groups is 3. The molecule has 0 bridgehead atoms. The Morgan fingerprint density at radius 2 is 1.27 bits per heavy atom. The molecule has 15 heavy (non-hydrogen) atoms. The van der Waals surface area contributed by atoms with Gasteiger partial charge in [0.1, 0.15) is 20.4 Å². The zero-order valence-corrected chi connectivity index (χ0v) is 10.6. The second-order valence-corrected chi connectivity index (χ2v) is 2.38. The number of allylic oxidation sites excluding steroid dienone is 4. The van der Waals surface area contributed by atoms with Gasteiger partial charge in [0, 0.05) is 17.1 Å². The van der Waals surface area contributed by atoms with Gasteiger partial charge in [0.2, 0.25) is 0 Å². The molecular weight excluding hydrogens is 235 g/mol. The summed E-state index contributed by atoms with van der Waals surface area (Å²) in [6.07, 6.45) is 4.31. The first kappa shape index (κ1) is 23.7. The maximum absolute atomic E-state index is 8.00. The molecule has 4 heteroatoms. The van der Waals surface area contributed by atoms with Crippen LogP contribution in [0.25, 0.3) is 0 Å². The zero-order valence-electron chi connectivity index (χ0n) is 9.43. The Bertz CT molecular complexity index is 200. The van der Waals surface area contributed by atoms with Gasteiger partial charge < -0.3 is 14.4 Å². The molecule has 0 unspecified atom stereocenters. The largest absolute Gasteiger partial charge is 0.307 e. The minimum Gasteiger partial charge on any atom is -0.307 e. The molecule has 0 heterocycles. The maximum atomic E-state index is 8.00. The van der Waals surface area contributed by atoms with Gasteiger partial charge in [-0.3, -0.25) is 6.08 Å². The zero-order chi connectivity index (χ0) is 12.1. The summed E-state index contributed by atoms with van der Waals surface area (Å²) < 4.78 is 0. The summed E-state index contributed by atoms with van der Waals surface area (Å²) in [6.45, 7) is 12.4. The Hall–Kier alpha value is -0.991. The van der Waals surface area contributed by atoms with Crippen molar-refractivity contribution >= 4 is 20.4 Å². The van der Waals surface area contributed by atoms with Gasteiger partial charge in [0.05, 0.1) is 0 Å². The molecule has 3 nitrogen and oxygen atoms in total. The molecule has 0 aromatic heterocycles. The molecule has 0 aliphatic heterocycles. The Balaban J connectivity index is -0.0000000755. The van der Waals surface area contributed by atoms with E-state index in [-0.39, 0.29) is 17.1 Å². The van der Waals surface area contributed by atoms with E-state index in [2.05, 4.69) is 26.8 Å². The molecule has 0 aromatic rings. The number of rotatable bonds is 0. The van der Waals surface area contributed by atoms with Gasteiger partial charge >= 0.3 is 0 Å². The quantitative estimate of drug-likeness (QED) is 0.489. The fraction of sp³-hybridized carbons (Fsp3) is 0.364. The molecule has 0 spiro atoms. The van der Waals surface area contributed by atoms with E-state index in [0.29, 0.717) is 0 Å². The molecule has 0 saturated heterocycles. The molecule has 0 atom stereocenters.